The van der Waals surface area contributed by atoms with Crippen LogP contribution in [-0.4, -0.2) is 17.9 Å². The van der Waals surface area contributed by atoms with Crippen LogP contribution in [0, 0.1) is 6.92 Å². The number of aryl methyl sites for hydroxylation is 1. The zero-order valence-corrected chi connectivity index (χ0v) is 14.4. The number of nitrogens with zero attached hydrogens (tertiary/aromatic N) is 1. The zero-order chi connectivity index (χ0) is 16.7. The predicted octanol–water partition coefficient (Wildman–Crippen LogP) is 3.91. The summed E-state index contributed by atoms with van der Waals surface area (Å²) in [5, 5.41) is 7.88. The Morgan fingerprint density at radius 1 is 1.13 bits per heavy atom. The van der Waals surface area contributed by atoms with Crippen molar-refractivity contribution in [2.45, 2.75) is 20.3 Å². The fourth-order valence-corrected chi connectivity index (χ4v) is 2.27. The maximum atomic E-state index is 5.35. The third-order valence-electron chi connectivity index (χ3n) is 3.30. The van der Waals surface area contributed by atoms with E-state index in [1.54, 1.807) is 7.11 Å². The topological polar surface area (TPSA) is 45.6 Å². The first-order valence-electron chi connectivity index (χ1n) is 7.37. The van der Waals surface area contributed by atoms with Crippen molar-refractivity contribution in [3.63, 3.8) is 0 Å². The molecule has 0 saturated heterocycles. The van der Waals surface area contributed by atoms with E-state index in [0.717, 1.165) is 22.7 Å². The molecule has 2 aromatic carbocycles. The molecule has 0 amide bonds. The highest BCUT2D eigenvalue weighted by molar-refractivity contribution is 7.80. The lowest BCUT2D eigenvalue weighted by Gasteiger charge is -2.10. The summed E-state index contributed by atoms with van der Waals surface area (Å²) < 4.78 is 5.35. The number of para-hydroxylation sites is 1. The molecule has 2 aromatic rings. The normalized spacial score (nSPS) is 11.0. The van der Waals surface area contributed by atoms with Crippen LogP contribution in [0.4, 0.5) is 5.69 Å². The molecule has 0 unspecified atom stereocenters. The number of hydrazone groups is 1. The van der Waals surface area contributed by atoms with Crippen LogP contribution in [0.2, 0.25) is 0 Å². The van der Waals surface area contributed by atoms with Crippen LogP contribution in [0.25, 0.3) is 0 Å². The van der Waals surface area contributed by atoms with Crippen LogP contribution in [0.3, 0.4) is 0 Å². The van der Waals surface area contributed by atoms with Gasteiger partial charge in [-0.15, -0.1) is 0 Å². The molecule has 0 heterocycles. The SMILES string of the molecule is COc1ccccc1C/C(C)=N\NC(=S)Nc1ccc(C)cc1. The summed E-state index contributed by atoms with van der Waals surface area (Å²) >= 11 is 5.25. The second kappa shape index (κ2) is 8.29. The quantitative estimate of drug-likeness (QED) is 0.496. The number of benzene rings is 2. The van der Waals surface area contributed by atoms with E-state index in [0.29, 0.717) is 11.5 Å². The van der Waals surface area contributed by atoms with Crippen molar-refractivity contribution in [1.29, 1.82) is 0 Å². The fourth-order valence-electron chi connectivity index (χ4n) is 2.11. The smallest absolute Gasteiger partial charge is 0.191 e. The van der Waals surface area contributed by atoms with Crippen molar-refractivity contribution in [2.24, 2.45) is 5.10 Å². The lowest BCUT2D eigenvalue weighted by molar-refractivity contribution is 0.411. The standard InChI is InChI=1S/C18H21N3OS/c1-13-8-10-16(11-9-13)19-18(23)21-20-14(2)12-15-6-4-5-7-17(15)22-3/h4-11H,12H2,1-3H3,(H2,19,21,23)/b20-14-. The van der Waals surface area contributed by atoms with Gasteiger partial charge in [0.15, 0.2) is 5.11 Å². The summed E-state index contributed by atoms with van der Waals surface area (Å²) in [5.41, 5.74) is 7.03. The number of thiocarbonyl (C=S) groups is 1. The molecule has 2 rings (SSSR count). The summed E-state index contributed by atoms with van der Waals surface area (Å²) in [6.07, 6.45) is 0.699. The highest BCUT2D eigenvalue weighted by Crippen LogP contribution is 2.18. The van der Waals surface area contributed by atoms with E-state index in [1.807, 2.05) is 62.4 Å². The lowest BCUT2D eigenvalue weighted by Crippen LogP contribution is -2.25. The Balaban J connectivity index is 1.91. The third-order valence-corrected chi connectivity index (χ3v) is 3.49. The molecule has 0 saturated carbocycles. The van der Waals surface area contributed by atoms with Gasteiger partial charge in [-0.3, -0.25) is 5.43 Å². The molecular weight excluding hydrogens is 306 g/mol. The molecule has 4 nitrogen and oxygen atoms in total. The fraction of sp³-hybridized carbons (Fsp3) is 0.222. The Labute approximate surface area is 142 Å². The Bertz CT molecular complexity index is 696. The van der Waals surface area contributed by atoms with Gasteiger partial charge in [0.25, 0.3) is 0 Å². The van der Waals surface area contributed by atoms with Gasteiger partial charge >= 0.3 is 0 Å². The minimum Gasteiger partial charge on any atom is -0.496 e. The summed E-state index contributed by atoms with van der Waals surface area (Å²) in [4.78, 5) is 0. The largest absolute Gasteiger partial charge is 0.496 e. The number of methoxy groups -OCH3 is 1. The minimum atomic E-state index is 0.466. The van der Waals surface area contributed by atoms with Crippen LogP contribution in [-0.2, 0) is 6.42 Å². The van der Waals surface area contributed by atoms with Gasteiger partial charge in [-0.05, 0) is 49.8 Å². The van der Waals surface area contributed by atoms with Crippen LogP contribution in [0.5, 0.6) is 5.75 Å². The second-order valence-electron chi connectivity index (χ2n) is 5.27. The third kappa shape index (κ3) is 5.38. The van der Waals surface area contributed by atoms with Gasteiger partial charge in [-0.1, -0.05) is 35.9 Å². The van der Waals surface area contributed by atoms with Crippen molar-refractivity contribution in [3.05, 3.63) is 59.7 Å². The first-order valence-corrected chi connectivity index (χ1v) is 7.78. The molecule has 0 aromatic heterocycles. The molecule has 5 heteroatoms. The predicted molar refractivity (Wildman–Crippen MR) is 100 cm³/mol. The van der Waals surface area contributed by atoms with Gasteiger partial charge in [-0.25, -0.2) is 0 Å². The van der Waals surface area contributed by atoms with Crippen LogP contribution < -0.4 is 15.5 Å². The summed E-state index contributed by atoms with van der Waals surface area (Å²) in [6, 6.07) is 15.9. The average molecular weight is 327 g/mol. The van der Waals surface area contributed by atoms with Crippen LogP contribution in [0.15, 0.2) is 53.6 Å². The van der Waals surface area contributed by atoms with Crippen molar-refractivity contribution in [1.82, 2.24) is 5.43 Å². The number of hydrogen-bond donors (Lipinski definition) is 2. The van der Waals surface area contributed by atoms with Crippen LogP contribution >= 0.6 is 12.2 Å². The molecule has 2 N–H and O–H groups in total. The molecular formula is C18H21N3OS. The molecule has 0 atom stereocenters. The monoisotopic (exact) mass is 327 g/mol. The van der Waals surface area contributed by atoms with Crippen LogP contribution in [0.1, 0.15) is 18.1 Å². The zero-order valence-electron chi connectivity index (χ0n) is 13.6. The molecule has 0 aliphatic carbocycles. The van der Waals surface area contributed by atoms with E-state index in [2.05, 4.69) is 15.8 Å². The molecule has 120 valence electrons. The summed E-state index contributed by atoms with van der Waals surface area (Å²) in [7, 11) is 1.67. The molecule has 0 spiro atoms. The molecule has 0 radical (unpaired) electrons. The molecule has 0 bridgehead atoms. The van der Waals surface area contributed by atoms with Gasteiger partial charge in [0.05, 0.1) is 7.11 Å². The Kier molecular flexibility index (Phi) is 6.11. The Morgan fingerprint density at radius 3 is 2.52 bits per heavy atom. The van der Waals surface area contributed by atoms with E-state index < -0.39 is 0 Å². The van der Waals surface area contributed by atoms with Crippen molar-refractivity contribution >= 4 is 28.7 Å². The van der Waals surface area contributed by atoms with E-state index in [4.69, 9.17) is 17.0 Å². The maximum absolute atomic E-state index is 5.35. The van der Waals surface area contributed by atoms with E-state index in [-0.39, 0.29) is 0 Å². The first-order chi connectivity index (χ1) is 11.1. The van der Waals surface area contributed by atoms with E-state index in [1.165, 1.54) is 5.56 Å². The lowest BCUT2D eigenvalue weighted by atomic mass is 10.1. The Hall–Kier alpha value is -2.40. The van der Waals surface area contributed by atoms with Gasteiger partial charge < -0.3 is 10.1 Å². The van der Waals surface area contributed by atoms with Crippen molar-refractivity contribution in [3.8, 4) is 5.75 Å². The molecule has 0 aliphatic heterocycles. The highest BCUT2D eigenvalue weighted by Gasteiger charge is 2.03. The average Bonchev–Trinajstić information content (AvgIpc) is 2.55. The maximum Gasteiger partial charge on any atom is 0.191 e. The van der Waals surface area contributed by atoms with Gasteiger partial charge in [0.2, 0.25) is 0 Å². The number of nitrogens with one attached hydrogen (secondary N) is 2. The Morgan fingerprint density at radius 2 is 1.83 bits per heavy atom. The van der Waals surface area contributed by atoms with Gasteiger partial charge in [-0.2, -0.15) is 5.10 Å². The number of rotatable bonds is 5. The molecule has 23 heavy (non-hydrogen) atoms. The van der Waals surface area contributed by atoms with Crippen molar-refractivity contribution < 1.29 is 4.74 Å². The number of ether oxygens (including phenoxy) is 1. The summed E-state index contributed by atoms with van der Waals surface area (Å²) in [6.45, 7) is 4.00. The van der Waals surface area contributed by atoms with Gasteiger partial charge in [0, 0.05) is 17.8 Å². The first kappa shape index (κ1) is 17.0. The van der Waals surface area contributed by atoms with E-state index >= 15 is 0 Å². The van der Waals surface area contributed by atoms with E-state index in [9.17, 15) is 0 Å². The number of anilines is 1. The second-order valence-corrected chi connectivity index (χ2v) is 5.68. The number of hydrogen-bond acceptors (Lipinski definition) is 3. The summed E-state index contributed by atoms with van der Waals surface area (Å²) in [5.74, 6) is 0.863. The van der Waals surface area contributed by atoms with Crippen molar-refractivity contribution in [2.75, 3.05) is 12.4 Å². The minimum absolute atomic E-state index is 0.466. The van der Waals surface area contributed by atoms with Gasteiger partial charge in [0.1, 0.15) is 5.75 Å². The molecule has 0 aliphatic rings. The highest BCUT2D eigenvalue weighted by atomic mass is 32.1. The molecule has 0 fully saturated rings.